The number of aromatic nitrogens is 4. The summed E-state index contributed by atoms with van der Waals surface area (Å²) in [6.07, 6.45) is 1.74. The van der Waals surface area contributed by atoms with Gasteiger partial charge in [-0.25, -0.2) is 4.68 Å². The van der Waals surface area contributed by atoms with Gasteiger partial charge in [0, 0.05) is 34.6 Å². The van der Waals surface area contributed by atoms with Gasteiger partial charge in [-0.15, -0.1) is 0 Å². The number of carbonyl (C=O) groups is 1. The molecule has 0 saturated carbocycles. The summed E-state index contributed by atoms with van der Waals surface area (Å²) < 4.78 is 3.31. The maximum absolute atomic E-state index is 12.8. The van der Waals surface area contributed by atoms with Crippen LogP contribution in [-0.4, -0.2) is 30.6 Å². The van der Waals surface area contributed by atoms with Crippen molar-refractivity contribution in [2.45, 2.75) is 6.73 Å². The number of amides is 1. The summed E-state index contributed by atoms with van der Waals surface area (Å²) in [6.45, 7) is -0.222. The molecule has 0 bridgehead atoms. The zero-order valence-corrected chi connectivity index (χ0v) is 16.3. The lowest BCUT2D eigenvalue weighted by atomic mass is 10.1. The summed E-state index contributed by atoms with van der Waals surface area (Å²) >= 11 is 0. The Labute approximate surface area is 172 Å². The fraction of sp³-hybridized carbons (Fsp3) is 0.0870. The van der Waals surface area contributed by atoms with Crippen LogP contribution in [0, 0.1) is 0 Å². The first-order valence-electron chi connectivity index (χ1n) is 9.54. The number of nitrogens with one attached hydrogen (secondary N) is 1. The van der Waals surface area contributed by atoms with Gasteiger partial charge in [0.25, 0.3) is 5.91 Å². The highest BCUT2D eigenvalue weighted by molar-refractivity contribution is 6.07. The predicted molar refractivity (Wildman–Crippen MR) is 116 cm³/mol. The lowest BCUT2D eigenvalue weighted by Crippen LogP contribution is -2.11. The second kappa shape index (κ2) is 7.13. The summed E-state index contributed by atoms with van der Waals surface area (Å²) in [7, 11) is 1.87. The average molecular weight is 397 g/mol. The number of aryl methyl sites for hydroxylation is 1. The smallest absolute Gasteiger partial charge is 0.255 e. The van der Waals surface area contributed by atoms with Crippen LogP contribution in [0.3, 0.4) is 0 Å². The van der Waals surface area contributed by atoms with E-state index in [-0.39, 0.29) is 12.6 Å². The highest BCUT2D eigenvalue weighted by atomic mass is 16.3. The number of carbonyl (C=O) groups excluding carboxylic acids is 1. The Morgan fingerprint density at radius 1 is 1.03 bits per heavy atom. The van der Waals surface area contributed by atoms with Gasteiger partial charge in [-0.05, 0) is 36.4 Å². The maximum Gasteiger partial charge on any atom is 0.255 e. The van der Waals surface area contributed by atoms with Crippen molar-refractivity contribution >= 4 is 33.4 Å². The summed E-state index contributed by atoms with van der Waals surface area (Å²) in [5.41, 5.74) is 4.69. The summed E-state index contributed by atoms with van der Waals surface area (Å²) in [5.74, 6) is -0.198. The monoisotopic (exact) mass is 397 g/mol. The minimum absolute atomic E-state index is 0.198. The van der Waals surface area contributed by atoms with Gasteiger partial charge in [-0.1, -0.05) is 30.3 Å². The number of rotatable bonds is 4. The van der Waals surface area contributed by atoms with E-state index in [9.17, 15) is 9.90 Å². The van der Waals surface area contributed by atoms with Crippen LogP contribution < -0.4 is 5.32 Å². The van der Waals surface area contributed by atoms with Gasteiger partial charge in [0.2, 0.25) is 0 Å². The van der Waals surface area contributed by atoms with Crippen molar-refractivity contribution in [3.8, 4) is 11.3 Å². The number of anilines is 1. The predicted octanol–water partition coefficient (Wildman–Crippen LogP) is 3.79. The summed E-state index contributed by atoms with van der Waals surface area (Å²) in [5, 5.41) is 23.2. The van der Waals surface area contributed by atoms with E-state index in [2.05, 4.69) is 15.5 Å². The van der Waals surface area contributed by atoms with E-state index >= 15 is 0 Å². The van der Waals surface area contributed by atoms with Crippen LogP contribution in [0.15, 0.2) is 72.9 Å². The highest BCUT2D eigenvalue weighted by Crippen LogP contribution is 2.30. The Hall–Kier alpha value is -3.97. The van der Waals surface area contributed by atoms with Gasteiger partial charge in [0.05, 0.1) is 17.2 Å². The topological polar surface area (TPSA) is 85.0 Å². The molecule has 0 aliphatic heterocycles. The molecule has 0 saturated heterocycles. The van der Waals surface area contributed by atoms with Gasteiger partial charge in [0.15, 0.2) is 0 Å². The lowest BCUT2D eigenvalue weighted by molar-refractivity contribution is 0.102. The molecule has 2 aromatic heterocycles. The van der Waals surface area contributed by atoms with Crippen molar-refractivity contribution in [3.63, 3.8) is 0 Å². The van der Waals surface area contributed by atoms with E-state index < -0.39 is 0 Å². The number of aliphatic hydroxyl groups excluding tert-OH is 1. The Morgan fingerprint density at radius 3 is 2.63 bits per heavy atom. The van der Waals surface area contributed by atoms with Crippen molar-refractivity contribution < 1.29 is 9.90 Å². The molecule has 148 valence electrons. The van der Waals surface area contributed by atoms with Crippen LogP contribution in [0.5, 0.6) is 0 Å². The van der Waals surface area contributed by atoms with Gasteiger partial charge in [0.1, 0.15) is 12.4 Å². The number of hydrogen-bond donors (Lipinski definition) is 2. The number of aliphatic hydroxyl groups is 1. The van der Waals surface area contributed by atoms with E-state index in [0.29, 0.717) is 11.3 Å². The average Bonchev–Trinajstić information content (AvgIpc) is 3.34. The molecule has 0 aliphatic carbocycles. The van der Waals surface area contributed by atoms with Gasteiger partial charge in [-0.3, -0.25) is 9.48 Å². The maximum atomic E-state index is 12.8. The molecule has 1 amide bonds. The standard InChI is InChI=1S/C23H19N5O2/c1-27-20-9-7-16(11-17(20)13-24-27)23(30)25-18-8-10-21-19(12-18)22(26-28(21)14-29)15-5-3-2-4-6-15/h2-13,29H,14H2,1H3,(H,25,30). The van der Waals surface area contributed by atoms with Crippen LogP contribution in [0.25, 0.3) is 33.1 Å². The zero-order chi connectivity index (χ0) is 20.7. The van der Waals surface area contributed by atoms with E-state index in [1.165, 1.54) is 0 Å². The van der Waals surface area contributed by atoms with Crippen LogP contribution in [0.2, 0.25) is 0 Å². The Kier molecular flexibility index (Phi) is 4.30. The Morgan fingerprint density at radius 2 is 1.83 bits per heavy atom. The van der Waals surface area contributed by atoms with Crippen molar-refractivity contribution in [1.29, 1.82) is 0 Å². The molecule has 0 atom stereocenters. The molecular formula is C23H19N5O2. The summed E-state index contributed by atoms with van der Waals surface area (Å²) in [4.78, 5) is 12.8. The quantitative estimate of drug-likeness (QED) is 0.483. The van der Waals surface area contributed by atoms with Crippen LogP contribution >= 0.6 is 0 Å². The Bertz CT molecular complexity index is 1390. The number of benzene rings is 3. The first-order valence-corrected chi connectivity index (χ1v) is 9.54. The molecule has 0 fully saturated rings. The van der Waals surface area contributed by atoms with Gasteiger partial charge < -0.3 is 10.4 Å². The third-order valence-electron chi connectivity index (χ3n) is 5.20. The van der Waals surface area contributed by atoms with E-state index in [1.807, 2.05) is 67.7 Å². The largest absolute Gasteiger partial charge is 0.374 e. The minimum Gasteiger partial charge on any atom is -0.374 e. The third-order valence-corrected chi connectivity index (χ3v) is 5.20. The normalized spacial score (nSPS) is 11.3. The molecule has 0 spiro atoms. The first kappa shape index (κ1) is 18.1. The SMILES string of the molecule is Cn1ncc2cc(C(=O)Nc3ccc4c(c3)c(-c3ccccc3)nn4CO)ccc21. The minimum atomic E-state index is -0.222. The summed E-state index contributed by atoms with van der Waals surface area (Å²) in [6, 6.07) is 20.8. The highest BCUT2D eigenvalue weighted by Gasteiger charge is 2.14. The fourth-order valence-corrected chi connectivity index (χ4v) is 3.68. The molecule has 7 heteroatoms. The molecule has 5 rings (SSSR count). The van der Waals surface area contributed by atoms with Crippen LogP contribution in [-0.2, 0) is 13.8 Å². The molecule has 5 aromatic rings. The van der Waals surface area contributed by atoms with Crippen molar-refractivity contribution in [3.05, 3.63) is 78.5 Å². The molecule has 7 nitrogen and oxygen atoms in total. The molecule has 0 radical (unpaired) electrons. The zero-order valence-electron chi connectivity index (χ0n) is 16.3. The van der Waals surface area contributed by atoms with Crippen LogP contribution in [0.1, 0.15) is 10.4 Å². The van der Waals surface area contributed by atoms with E-state index in [4.69, 9.17) is 0 Å². The number of nitrogens with zero attached hydrogens (tertiary/aromatic N) is 4. The molecule has 2 heterocycles. The number of hydrogen-bond acceptors (Lipinski definition) is 4. The first-order chi connectivity index (χ1) is 14.6. The van der Waals surface area contributed by atoms with Crippen molar-refractivity contribution in [1.82, 2.24) is 19.6 Å². The molecular weight excluding hydrogens is 378 g/mol. The fourth-order valence-electron chi connectivity index (χ4n) is 3.68. The number of fused-ring (bicyclic) bond motifs is 2. The molecule has 0 aliphatic rings. The molecule has 0 unspecified atom stereocenters. The Balaban J connectivity index is 1.51. The van der Waals surface area contributed by atoms with Crippen molar-refractivity contribution in [2.75, 3.05) is 5.32 Å². The van der Waals surface area contributed by atoms with E-state index in [1.54, 1.807) is 21.6 Å². The second-order valence-electron chi connectivity index (χ2n) is 7.08. The molecule has 30 heavy (non-hydrogen) atoms. The lowest BCUT2D eigenvalue weighted by Gasteiger charge is -2.07. The van der Waals surface area contributed by atoms with Gasteiger partial charge in [-0.2, -0.15) is 10.2 Å². The molecule has 2 N–H and O–H groups in total. The third kappa shape index (κ3) is 3.01. The van der Waals surface area contributed by atoms with E-state index in [0.717, 1.165) is 33.1 Å². The van der Waals surface area contributed by atoms with Crippen LogP contribution in [0.4, 0.5) is 5.69 Å². The van der Waals surface area contributed by atoms with Crippen molar-refractivity contribution in [2.24, 2.45) is 7.05 Å². The van der Waals surface area contributed by atoms with Gasteiger partial charge >= 0.3 is 0 Å². The molecule has 3 aromatic carbocycles. The second-order valence-corrected chi connectivity index (χ2v) is 7.08.